The Bertz CT molecular complexity index is 804. The number of rotatable bonds is 5. The molecule has 1 aliphatic rings. The highest BCUT2D eigenvalue weighted by molar-refractivity contribution is 5.65. The predicted octanol–water partition coefficient (Wildman–Crippen LogP) is 3.96. The van der Waals surface area contributed by atoms with E-state index in [0.29, 0.717) is 6.04 Å². The minimum atomic E-state index is 0.315. The van der Waals surface area contributed by atoms with E-state index in [4.69, 9.17) is 0 Å². The maximum Gasteiger partial charge on any atom is 0.0869 e. The van der Waals surface area contributed by atoms with Crippen molar-refractivity contribution in [3.63, 3.8) is 0 Å². The van der Waals surface area contributed by atoms with E-state index < -0.39 is 0 Å². The van der Waals surface area contributed by atoms with Gasteiger partial charge in [-0.15, -0.1) is 0 Å². The molecule has 26 heavy (non-hydrogen) atoms. The fraction of sp³-hybridized carbons (Fsp3) is 0.318. The molecular weight excluding hydrogens is 320 g/mol. The summed E-state index contributed by atoms with van der Waals surface area (Å²) in [5.74, 6) is 0. The van der Waals surface area contributed by atoms with Gasteiger partial charge in [0.25, 0.3) is 0 Å². The lowest BCUT2D eigenvalue weighted by atomic mass is 10.0. The van der Waals surface area contributed by atoms with Crippen LogP contribution in [0.25, 0.3) is 11.1 Å². The van der Waals surface area contributed by atoms with E-state index >= 15 is 0 Å². The molecule has 1 N–H and O–H groups in total. The molecule has 0 radical (unpaired) electrons. The summed E-state index contributed by atoms with van der Waals surface area (Å²) in [4.78, 5) is 5.09. The second-order valence-corrected chi connectivity index (χ2v) is 7.02. The molecule has 2 aromatic carbocycles. The average molecular weight is 346 g/mol. The zero-order valence-electron chi connectivity index (χ0n) is 15.3. The molecule has 4 nitrogen and oxygen atoms in total. The number of nitrogens with one attached hydrogen (secondary N) is 1. The van der Waals surface area contributed by atoms with Crippen LogP contribution in [0.4, 0.5) is 0 Å². The van der Waals surface area contributed by atoms with Gasteiger partial charge in [0, 0.05) is 44.5 Å². The number of nitrogens with zero attached hydrogens (tertiary/aromatic N) is 3. The van der Waals surface area contributed by atoms with E-state index in [1.54, 1.807) is 0 Å². The van der Waals surface area contributed by atoms with Crippen molar-refractivity contribution in [3.8, 4) is 11.1 Å². The maximum absolute atomic E-state index is 4.57. The summed E-state index contributed by atoms with van der Waals surface area (Å²) in [6.07, 6.45) is 2.02. The molecule has 1 saturated heterocycles. The number of benzene rings is 2. The van der Waals surface area contributed by atoms with Gasteiger partial charge in [-0.1, -0.05) is 60.7 Å². The molecule has 134 valence electrons. The average Bonchev–Trinajstić information content (AvgIpc) is 3.19. The summed E-state index contributed by atoms with van der Waals surface area (Å²) in [7, 11) is 0. The van der Waals surface area contributed by atoms with Crippen LogP contribution in [-0.2, 0) is 6.54 Å². The predicted molar refractivity (Wildman–Crippen MR) is 106 cm³/mol. The van der Waals surface area contributed by atoms with Crippen molar-refractivity contribution >= 4 is 0 Å². The van der Waals surface area contributed by atoms with E-state index in [1.165, 1.54) is 16.7 Å². The van der Waals surface area contributed by atoms with Crippen LogP contribution in [0.2, 0.25) is 0 Å². The first-order valence-corrected chi connectivity index (χ1v) is 9.40. The van der Waals surface area contributed by atoms with Crippen LogP contribution >= 0.6 is 0 Å². The van der Waals surface area contributed by atoms with Crippen LogP contribution in [0.5, 0.6) is 0 Å². The fourth-order valence-electron chi connectivity index (χ4n) is 3.79. The van der Waals surface area contributed by atoms with Gasteiger partial charge < -0.3 is 0 Å². The number of hydrogen-bond donors (Lipinski definition) is 1. The smallest absolute Gasteiger partial charge is 0.0869 e. The van der Waals surface area contributed by atoms with Gasteiger partial charge in [-0.2, -0.15) is 5.10 Å². The molecule has 4 heteroatoms. The van der Waals surface area contributed by atoms with Gasteiger partial charge in [0.1, 0.15) is 0 Å². The summed E-state index contributed by atoms with van der Waals surface area (Å²) >= 11 is 0. The lowest BCUT2D eigenvalue weighted by molar-refractivity contribution is 0.0965. The van der Waals surface area contributed by atoms with Crippen molar-refractivity contribution in [1.82, 2.24) is 20.0 Å². The Morgan fingerprint density at radius 2 is 1.58 bits per heavy atom. The molecule has 2 heterocycles. The van der Waals surface area contributed by atoms with Crippen molar-refractivity contribution in [1.29, 1.82) is 0 Å². The lowest BCUT2D eigenvalue weighted by Gasteiger charge is -2.37. The topological polar surface area (TPSA) is 35.2 Å². The summed E-state index contributed by atoms with van der Waals surface area (Å²) in [6.45, 7) is 7.68. The number of hydrogen-bond acceptors (Lipinski definition) is 3. The monoisotopic (exact) mass is 346 g/mol. The van der Waals surface area contributed by atoms with E-state index in [1.807, 2.05) is 6.20 Å². The van der Waals surface area contributed by atoms with Gasteiger partial charge in [0.05, 0.1) is 11.7 Å². The summed E-state index contributed by atoms with van der Waals surface area (Å²) in [5, 5.41) is 7.65. The minimum Gasteiger partial charge on any atom is -0.297 e. The van der Waals surface area contributed by atoms with Crippen molar-refractivity contribution < 1.29 is 0 Å². The molecule has 0 amide bonds. The van der Waals surface area contributed by atoms with E-state index in [0.717, 1.165) is 38.4 Å². The number of H-pyrrole nitrogens is 1. The lowest BCUT2D eigenvalue weighted by Crippen LogP contribution is -2.46. The van der Waals surface area contributed by atoms with Crippen LogP contribution < -0.4 is 0 Å². The molecular formula is C22H26N4. The Morgan fingerprint density at radius 1 is 0.923 bits per heavy atom. The van der Waals surface area contributed by atoms with Crippen LogP contribution in [-0.4, -0.2) is 46.2 Å². The Balaban J connectivity index is 1.40. The van der Waals surface area contributed by atoms with E-state index in [-0.39, 0.29) is 0 Å². The highest BCUT2D eigenvalue weighted by atomic mass is 15.3. The maximum atomic E-state index is 4.57. The summed E-state index contributed by atoms with van der Waals surface area (Å²) < 4.78 is 0. The largest absolute Gasteiger partial charge is 0.297 e. The first-order chi connectivity index (χ1) is 12.8. The zero-order chi connectivity index (χ0) is 17.8. The molecule has 0 spiro atoms. The SMILES string of the molecule is CC(c1n[nH]cc1-c1ccccc1)N1CCN(Cc2ccccc2)CC1. The van der Waals surface area contributed by atoms with E-state index in [9.17, 15) is 0 Å². The highest BCUT2D eigenvalue weighted by Crippen LogP contribution is 2.30. The van der Waals surface area contributed by atoms with Crippen LogP contribution in [0.1, 0.15) is 24.2 Å². The van der Waals surface area contributed by atoms with Crippen molar-refractivity contribution in [3.05, 3.63) is 78.1 Å². The van der Waals surface area contributed by atoms with Crippen molar-refractivity contribution in [2.24, 2.45) is 0 Å². The van der Waals surface area contributed by atoms with Crippen LogP contribution in [0.15, 0.2) is 66.9 Å². The van der Waals surface area contributed by atoms with Crippen LogP contribution in [0, 0.1) is 0 Å². The van der Waals surface area contributed by atoms with Gasteiger partial charge in [-0.25, -0.2) is 0 Å². The number of aromatic nitrogens is 2. The van der Waals surface area contributed by atoms with Crippen molar-refractivity contribution in [2.75, 3.05) is 26.2 Å². The Labute approximate surface area is 155 Å². The number of piperazine rings is 1. The van der Waals surface area contributed by atoms with E-state index in [2.05, 4.69) is 87.6 Å². The summed E-state index contributed by atoms with van der Waals surface area (Å²) in [6, 6.07) is 21.6. The minimum absolute atomic E-state index is 0.315. The number of aromatic amines is 1. The van der Waals surface area contributed by atoms with Gasteiger partial charge in [0.2, 0.25) is 0 Å². The van der Waals surface area contributed by atoms with Gasteiger partial charge in [-0.05, 0) is 18.1 Å². The molecule has 0 saturated carbocycles. The molecule has 1 atom stereocenters. The second-order valence-electron chi connectivity index (χ2n) is 7.02. The third-order valence-corrected chi connectivity index (χ3v) is 5.35. The highest BCUT2D eigenvalue weighted by Gasteiger charge is 2.25. The van der Waals surface area contributed by atoms with Gasteiger partial charge in [0.15, 0.2) is 0 Å². The van der Waals surface area contributed by atoms with Gasteiger partial charge >= 0.3 is 0 Å². The summed E-state index contributed by atoms with van der Waals surface area (Å²) in [5.41, 5.74) is 4.98. The molecule has 1 unspecified atom stereocenters. The molecule has 0 aliphatic carbocycles. The standard InChI is InChI=1S/C22H26N4/c1-18(22-21(16-23-24-22)20-10-6-3-7-11-20)26-14-12-25(13-15-26)17-19-8-4-2-5-9-19/h2-11,16,18H,12-15,17H2,1H3,(H,23,24). The Hall–Kier alpha value is -2.43. The molecule has 0 bridgehead atoms. The third-order valence-electron chi connectivity index (χ3n) is 5.35. The zero-order valence-corrected chi connectivity index (χ0v) is 15.3. The quantitative estimate of drug-likeness (QED) is 0.759. The van der Waals surface area contributed by atoms with Crippen LogP contribution in [0.3, 0.4) is 0 Å². The molecule has 4 rings (SSSR count). The molecule has 1 aromatic heterocycles. The normalized spacial score (nSPS) is 17.3. The third kappa shape index (κ3) is 3.71. The van der Waals surface area contributed by atoms with Gasteiger partial charge in [-0.3, -0.25) is 14.9 Å². The first-order valence-electron chi connectivity index (χ1n) is 9.40. The van der Waals surface area contributed by atoms with Crippen molar-refractivity contribution in [2.45, 2.75) is 19.5 Å². The Morgan fingerprint density at radius 3 is 2.27 bits per heavy atom. The molecule has 3 aromatic rings. The first kappa shape index (κ1) is 17.0. The molecule has 1 aliphatic heterocycles. The Kier molecular flexibility index (Phi) is 5.14. The second kappa shape index (κ2) is 7.85. The molecule has 1 fully saturated rings. The fourth-order valence-corrected chi connectivity index (χ4v) is 3.79.